The first-order chi connectivity index (χ1) is 9.22. The topological polar surface area (TPSA) is 35.7 Å². The number of para-hydroxylation sites is 1. The van der Waals surface area contributed by atoms with Crippen molar-refractivity contribution in [2.75, 3.05) is 24.4 Å². The summed E-state index contributed by atoms with van der Waals surface area (Å²) in [6.45, 7) is 3.97. The summed E-state index contributed by atoms with van der Waals surface area (Å²) >= 11 is 1.62. The highest BCUT2D eigenvalue weighted by atomic mass is 32.2. The SMILES string of the molecule is CSC(=C1C(=O)N(c2ccccc2)N=C1C)N1CC1. The number of anilines is 1. The molecule has 0 bridgehead atoms. The zero-order valence-corrected chi connectivity index (χ0v) is 11.8. The molecule has 0 radical (unpaired) electrons. The molecule has 0 unspecified atom stereocenters. The third kappa shape index (κ3) is 2.14. The fourth-order valence-electron chi connectivity index (χ4n) is 2.14. The van der Waals surface area contributed by atoms with E-state index in [0.717, 1.165) is 35.1 Å². The van der Waals surface area contributed by atoms with Crippen LogP contribution in [-0.2, 0) is 4.79 Å². The van der Waals surface area contributed by atoms with Crippen LogP contribution in [0.2, 0.25) is 0 Å². The average Bonchev–Trinajstić information content (AvgIpc) is 3.22. The van der Waals surface area contributed by atoms with Crippen molar-refractivity contribution >= 4 is 29.1 Å². The van der Waals surface area contributed by atoms with Crippen LogP contribution in [-0.4, -0.2) is 35.9 Å². The van der Waals surface area contributed by atoms with Gasteiger partial charge in [0, 0.05) is 13.1 Å². The smallest absolute Gasteiger partial charge is 0.283 e. The highest BCUT2D eigenvalue weighted by Gasteiger charge is 2.35. The first-order valence-corrected chi connectivity index (χ1v) is 7.43. The van der Waals surface area contributed by atoms with E-state index in [1.165, 1.54) is 5.01 Å². The number of thioether (sulfide) groups is 1. The number of hydrazone groups is 1. The van der Waals surface area contributed by atoms with E-state index in [1.807, 2.05) is 43.5 Å². The first-order valence-electron chi connectivity index (χ1n) is 6.20. The number of hydrogen-bond acceptors (Lipinski definition) is 4. The molecular weight excluding hydrogens is 258 g/mol. The molecule has 1 fully saturated rings. The van der Waals surface area contributed by atoms with E-state index >= 15 is 0 Å². The number of benzene rings is 1. The van der Waals surface area contributed by atoms with Gasteiger partial charge in [0.05, 0.1) is 22.0 Å². The standard InChI is InChI=1S/C14H15N3OS/c1-10-12(14(19-2)16-8-9-16)13(18)17(15-10)11-6-4-3-5-7-11/h3-7H,8-9H2,1-2H3. The Balaban J connectivity index is 2.00. The minimum atomic E-state index is -0.0278. The van der Waals surface area contributed by atoms with Crippen molar-refractivity contribution in [1.29, 1.82) is 0 Å². The minimum absolute atomic E-state index is 0.0278. The predicted molar refractivity (Wildman–Crippen MR) is 79.2 cm³/mol. The van der Waals surface area contributed by atoms with Crippen LogP contribution in [0.4, 0.5) is 5.69 Å². The van der Waals surface area contributed by atoms with Crippen LogP contribution in [0.1, 0.15) is 6.92 Å². The summed E-state index contributed by atoms with van der Waals surface area (Å²) in [6, 6.07) is 9.55. The third-order valence-electron chi connectivity index (χ3n) is 3.16. The van der Waals surface area contributed by atoms with Gasteiger partial charge in [0.2, 0.25) is 0 Å². The molecule has 0 N–H and O–H groups in total. The van der Waals surface area contributed by atoms with Crippen LogP contribution in [0.5, 0.6) is 0 Å². The Morgan fingerprint density at radius 2 is 1.95 bits per heavy atom. The fourth-order valence-corrected chi connectivity index (χ4v) is 3.02. The molecular formula is C14H15N3OS. The highest BCUT2D eigenvalue weighted by Crippen LogP contribution is 2.33. The number of carbonyl (C=O) groups excluding carboxylic acids is 1. The van der Waals surface area contributed by atoms with Crippen LogP contribution in [0.25, 0.3) is 0 Å². The third-order valence-corrected chi connectivity index (χ3v) is 4.01. The largest absolute Gasteiger partial charge is 0.362 e. The van der Waals surface area contributed by atoms with Gasteiger partial charge in [0.15, 0.2) is 0 Å². The molecule has 1 aromatic carbocycles. The van der Waals surface area contributed by atoms with Gasteiger partial charge < -0.3 is 4.90 Å². The Bertz CT molecular complexity index is 576. The molecule has 5 heteroatoms. The van der Waals surface area contributed by atoms with Gasteiger partial charge >= 0.3 is 0 Å². The monoisotopic (exact) mass is 273 g/mol. The lowest BCUT2D eigenvalue weighted by Gasteiger charge is -2.13. The number of rotatable bonds is 3. The van der Waals surface area contributed by atoms with Gasteiger partial charge in [-0.15, -0.1) is 11.8 Å². The molecule has 98 valence electrons. The van der Waals surface area contributed by atoms with Gasteiger partial charge in [-0.05, 0) is 25.3 Å². The first kappa shape index (κ1) is 12.3. The van der Waals surface area contributed by atoms with Crippen molar-refractivity contribution in [3.05, 3.63) is 40.9 Å². The maximum atomic E-state index is 12.6. The van der Waals surface area contributed by atoms with E-state index in [4.69, 9.17) is 0 Å². The summed E-state index contributed by atoms with van der Waals surface area (Å²) in [5.74, 6) is -0.0278. The van der Waals surface area contributed by atoms with Crippen molar-refractivity contribution in [2.24, 2.45) is 5.10 Å². The Morgan fingerprint density at radius 3 is 2.53 bits per heavy atom. The Kier molecular flexibility index (Phi) is 3.06. The van der Waals surface area contributed by atoms with Crippen molar-refractivity contribution in [1.82, 2.24) is 4.90 Å². The Labute approximate surface area is 116 Å². The molecule has 2 aliphatic rings. The second-order valence-corrected chi connectivity index (χ2v) is 5.30. The molecule has 4 nitrogen and oxygen atoms in total. The summed E-state index contributed by atoms with van der Waals surface area (Å²) in [6.07, 6.45) is 2.01. The average molecular weight is 273 g/mol. The normalized spacial score (nSPS) is 20.7. The number of amides is 1. The van der Waals surface area contributed by atoms with Crippen molar-refractivity contribution in [3.63, 3.8) is 0 Å². The minimum Gasteiger partial charge on any atom is -0.362 e. The van der Waals surface area contributed by atoms with E-state index in [2.05, 4.69) is 10.0 Å². The maximum absolute atomic E-state index is 12.6. The summed E-state index contributed by atoms with van der Waals surface area (Å²) < 4.78 is 0. The zero-order valence-electron chi connectivity index (χ0n) is 11.0. The molecule has 2 aliphatic heterocycles. The van der Waals surface area contributed by atoms with E-state index in [-0.39, 0.29) is 5.91 Å². The van der Waals surface area contributed by atoms with E-state index < -0.39 is 0 Å². The summed E-state index contributed by atoms with van der Waals surface area (Å²) in [7, 11) is 0. The van der Waals surface area contributed by atoms with Crippen LogP contribution in [0, 0.1) is 0 Å². The second-order valence-electron chi connectivity index (χ2n) is 4.51. The van der Waals surface area contributed by atoms with Crippen LogP contribution in [0.3, 0.4) is 0 Å². The Morgan fingerprint density at radius 1 is 1.26 bits per heavy atom. The van der Waals surface area contributed by atoms with Crippen LogP contribution < -0.4 is 5.01 Å². The Hall–Kier alpha value is -1.75. The summed E-state index contributed by atoms with van der Waals surface area (Å²) in [5, 5.41) is 6.94. The molecule has 0 saturated carbocycles. The second kappa shape index (κ2) is 4.74. The lowest BCUT2D eigenvalue weighted by atomic mass is 10.2. The molecule has 0 spiro atoms. The van der Waals surface area contributed by atoms with Crippen molar-refractivity contribution in [3.8, 4) is 0 Å². The quantitative estimate of drug-likeness (QED) is 0.626. The van der Waals surface area contributed by atoms with Gasteiger partial charge in [0.1, 0.15) is 0 Å². The van der Waals surface area contributed by atoms with E-state index in [0.29, 0.717) is 0 Å². The lowest BCUT2D eigenvalue weighted by Crippen LogP contribution is -2.22. The molecule has 0 aliphatic carbocycles. The molecule has 19 heavy (non-hydrogen) atoms. The van der Waals surface area contributed by atoms with Crippen molar-refractivity contribution in [2.45, 2.75) is 6.92 Å². The molecule has 1 aromatic rings. The van der Waals surface area contributed by atoms with Gasteiger partial charge in [-0.3, -0.25) is 4.79 Å². The van der Waals surface area contributed by atoms with Gasteiger partial charge in [0.25, 0.3) is 5.91 Å². The number of nitrogens with zero attached hydrogens (tertiary/aromatic N) is 3. The zero-order chi connectivity index (χ0) is 13.4. The van der Waals surface area contributed by atoms with E-state index in [1.54, 1.807) is 11.8 Å². The van der Waals surface area contributed by atoms with Gasteiger partial charge in [-0.2, -0.15) is 10.1 Å². The maximum Gasteiger partial charge on any atom is 0.283 e. The molecule has 1 amide bonds. The molecule has 0 atom stereocenters. The fraction of sp³-hybridized carbons (Fsp3) is 0.286. The van der Waals surface area contributed by atoms with Gasteiger partial charge in [-0.1, -0.05) is 18.2 Å². The number of hydrogen-bond donors (Lipinski definition) is 0. The summed E-state index contributed by atoms with van der Waals surface area (Å²) in [4.78, 5) is 14.8. The van der Waals surface area contributed by atoms with Gasteiger partial charge in [-0.25, -0.2) is 0 Å². The van der Waals surface area contributed by atoms with E-state index in [9.17, 15) is 4.79 Å². The van der Waals surface area contributed by atoms with Crippen LogP contribution in [0.15, 0.2) is 46.0 Å². The summed E-state index contributed by atoms with van der Waals surface area (Å²) in [5.41, 5.74) is 2.35. The predicted octanol–water partition coefficient (Wildman–Crippen LogP) is 2.30. The van der Waals surface area contributed by atoms with Crippen molar-refractivity contribution < 1.29 is 4.79 Å². The molecule has 0 aromatic heterocycles. The molecule has 3 rings (SSSR count). The van der Waals surface area contributed by atoms with Crippen LogP contribution >= 0.6 is 11.8 Å². The lowest BCUT2D eigenvalue weighted by molar-refractivity contribution is -0.114. The number of carbonyl (C=O) groups is 1. The highest BCUT2D eigenvalue weighted by molar-refractivity contribution is 8.02. The molecule has 2 heterocycles. The molecule has 1 saturated heterocycles.